The summed E-state index contributed by atoms with van der Waals surface area (Å²) in [7, 11) is 0. The molecule has 0 radical (unpaired) electrons. The van der Waals surface area contributed by atoms with Crippen LogP contribution in [-0.4, -0.2) is 21.0 Å². The Morgan fingerprint density at radius 1 is 1.25 bits per heavy atom. The molecule has 3 N–H and O–H groups in total. The summed E-state index contributed by atoms with van der Waals surface area (Å²) in [6.07, 6.45) is -3.45. The molecule has 8 heteroatoms. The predicted molar refractivity (Wildman–Crippen MR) is 63.8 cm³/mol. The molecule has 104 valence electrons. The van der Waals surface area contributed by atoms with E-state index in [-0.39, 0.29) is 11.4 Å². The van der Waals surface area contributed by atoms with Crippen LogP contribution >= 0.6 is 0 Å². The number of halogens is 3. The third-order valence-electron chi connectivity index (χ3n) is 2.48. The van der Waals surface area contributed by atoms with Crippen LogP contribution in [-0.2, 0) is 6.18 Å². The Morgan fingerprint density at radius 2 is 1.95 bits per heavy atom. The topological polar surface area (TPSA) is 89.1 Å². The van der Waals surface area contributed by atoms with E-state index in [1.807, 2.05) is 0 Å². The zero-order valence-electron chi connectivity index (χ0n) is 9.85. The minimum atomic E-state index is -4.62. The van der Waals surface area contributed by atoms with Crippen molar-refractivity contribution in [3.63, 3.8) is 0 Å². The smallest absolute Gasteiger partial charge is 0.418 e. The average Bonchev–Trinajstić information content (AvgIpc) is 2.38. The van der Waals surface area contributed by atoms with Gasteiger partial charge in [0.25, 0.3) is 0 Å². The number of carboxylic acid groups (broad SMARTS) is 1. The van der Waals surface area contributed by atoms with Crippen LogP contribution in [0.3, 0.4) is 0 Å². The molecular formula is C12H8F3N3O2. The maximum atomic E-state index is 12.9. The Balaban J connectivity index is 2.64. The molecule has 20 heavy (non-hydrogen) atoms. The normalized spacial score (nSPS) is 11.3. The van der Waals surface area contributed by atoms with Gasteiger partial charge in [0.05, 0.1) is 16.9 Å². The first kappa shape index (κ1) is 13.8. The lowest BCUT2D eigenvalue weighted by Gasteiger charge is -2.11. The molecule has 0 aromatic carbocycles. The number of anilines is 1. The van der Waals surface area contributed by atoms with Crippen LogP contribution in [0.25, 0.3) is 11.4 Å². The Labute approximate surface area is 110 Å². The van der Waals surface area contributed by atoms with Gasteiger partial charge < -0.3 is 10.8 Å². The lowest BCUT2D eigenvalue weighted by atomic mass is 10.1. The third kappa shape index (κ3) is 2.53. The number of pyridine rings is 2. The monoisotopic (exact) mass is 283 g/mol. The molecule has 2 aromatic rings. The molecule has 2 aromatic heterocycles. The summed E-state index contributed by atoms with van der Waals surface area (Å²) in [4.78, 5) is 18.2. The van der Waals surface area contributed by atoms with Gasteiger partial charge in [0.2, 0.25) is 0 Å². The molecule has 0 amide bonds. The molecule has 2 heterocycles. The van der Waals surface area contributed by atoms with E-state index in [4.69, 9.17) is 10.8 Å². The fourth-order valence-electron chi connectivity index (χ4n) is 1.61. The summed E-state index contributed by atoms with van der Waals surface area (Å²) in [6.45, 7) is 0. The van der Waals surface area contributed by atoms with E-state index in [0.717, 1.165) is 12.1 Å². The summed E-state index contributed by atoms with van der Waals surface area (Å²) >= 11 is 0. The maximum Gasteiger partial charge on any atom is 0.418 e. The first-order valence-electron chi connectivity index (χ1n) is 5.33. The molecule has 0 bridgehead atoms. The number of alkyl halides is 3. The fraction of sp³-hybridized carbons (Fsp3) is 0.0833. The van der Waals surface area contributed by atoms with Crippen molar-refractivity contribution >= 4 is 11.7 Å². The van der Waals surface area contributed by atoms with Crippen LogP contribution in [0.1, 0.15) is 16.1 Å². The summed E-state index contributed by atoms with van der Waals surface area (Å²) in [5.74, 6) is -1.42. The van der Waals surface area contributed by atoms with Crippen molar-refractivity contribution in [2.75, 3.05) is 5.73 Å². The highest BCUT2D eigenvalue weighted by atomic mass is 19.4. The number of carboxylic acids is 1. The fourth-order valence-corrected chi connectivity index (χ4v) is 1.61. The molecule has 0 spiro atoms. The minimum absolute atomic E-state index is 0.134. The van der Waals surface area contributed by atoms with Crippen molar-refractivity contribution in [1.29, 1.82) is 0 Å². The number of carbonyl (C=O) groups is 1. The van der Waals surface area contributed by atoms with Gasteiger partial charge in [-0.05, 0) is 24.3 Å². The molecule has 5 nitrogen and oxygen atoms in total. The van der Waals surface area contributed by atoms with Crippen molar-refractivity contribution in [3.8, 4) is 11.4 Å². The number of hydrogen-bond donors (Lipinski definition) is 2. The zero-order valence-corrected chi connectivity index (χ0v) is 9.85. The summed E-state index contributed by atoms with van der Waals surface area (Å²) in [5, 5.41) is 8.88. The second-order valence-corrected chi connectivity index (χ2v) is 3.84. The van der Waals surface area contributed by atoms with E-state index in [1.165, 1.54) is 18.3 Å². The highest BCUT2D eigenvalue weighted by molar-refractivity contribution is 5.92. The highest BCUT2D eigenvalue weighted by Gasteiger charge is 2.34. The molecule has 0 atom stereocenters. The van der Waals surface area contributed by atoms with Gasteiger partial charge in [0.1, 0.15) is 5.69 Å². The lowest BCUT2D eigenvalue weighted by Crippen LogP contribution is -2.11. The number of aromatic nitrogens is 2. The molecule has 0 saturated heterocycles. The molecule has 0 aliphatic rings. The predicted octanol–water partition coefficient (Wildman–Crippen LogP) is 2.44. The van der Waals surface area contributed by atoms with Gasteiger partial charge in [0, 0.05) is 6.20 Å². The number of nitrogens with zero attached hydrogens (tertiary/aromatic N) is 2. The molecule has 0 fully saturated rings. The number of nitrogen functional groups attached to an aromatic ring is 1. The first-order valence-corrected chi connectivity index (χ1v) is 5.33. The summed E-state index contributed by atoms with van der Waals surface area (Å²) in [6, 6.07) is 4.36. The van der Waals surface area contributed by atoms with Crippen LogP contribution in [0.5, 0.6) is 0 Å². The van der Waals surface area contributed by atoms with Crippen molar-refractivity contribution in [2.24, 2.45) is 0 Å². The van der Waals surface area contributed by atoms with E-state index >= 15 is 0 Å². The number of nitrogens with two attached hydrogens (primary N) is 1. The second kappa shape index (κ2) is 4.80. The van der Waals surface area contributed by atoms with E-state index in [2.05, 4.69) is 9.97 Å². The quantitative estimate of drug-likeness (QED) is 0.883. The lowest BCUT2D eigenvalue weighted by molar-refractivity contribution is -0.137. The molecule has 0 saturated carbocycles. The van der Waals surface area contributed by atoms with Gasteiger partial charge in [-0.3, -0.25) is 4.98 Å². The molecular weight excluding hydrogens is 275 g/mol. The van der Waals surface area contributed by atoms with Gasteiger partial charge in [-0.15, -0.1) is 0 Å². The second-order valence-electron chi connectivity index (χ2n) is 3.84. The number of aromatic carboxylic acids is 1. The molecule has 0 unspecified atom stereocenters. The minimum Gasteiger partial charge on any atom is -0.476 e. The van der Waals surface area contributed by atoms with Crippen LogP contribution in [0, 0.1) is 0 Å². The zero-order chi connectivity index (χ0) is 14.9. The van der Waals surface area contributed by atoms with Crippen molar-refractivity contribution in [2.45, 2.75) is 6.18 Å². The van der Waals surface area contributed by atoms with E-state index < -0.39 is 29.1 Å². The van der Waals surface area contributed by atoms with Crippen molar-refractivity contribution in [3.05, 3.63) is 41.7 Å². The SMILES string of the molecule is Nc1ccc(-c2ncccc2C(F)(F)F)nc1C(=O)O. The Hall–Kier alpha value is -2.64. The van der Waals surface area contributed by atoms with E-state index in [1.54, 1.807) is 0 Å². The standard InChI is InChI=1S/C12H8F3N3O2/c13-12(14,15)6-2-1-5-17-9(6)8-4-3-7(16)10(18-8)11(19)20/h1-5H,16H2,(H,19,20). The first-order chi connectivity index (χ1) is 9.30. The number of rotatable bonds is 2. The van der Waals surface area contributed by atoms with Crippen LogP contribution in [0.15, 0.2) is 30.5 Å². The van der Waals surface area contributed by atoms with Crippen LogP contribution in [0.2, 0.25) is 0 Å². The van der Waals surface area contributed by atoms with Crippen LogP contribution in [0.4, 0.5) is 18.9 Å². The third-order valence-corrected chi connectivity index (χ3v) is 2.48. The molecule has 0 aliphatic heterocycles. The summed E-state index contributed by atoms with van der Waals surface area (Å²) < 4.78 is 38.6. The highest BCUT2D eigenvalue weighted by Crippen LogP contribution is 2.35. The Kier molecular flexibility index (Phi) is 3.31. The maximum absolute atomic E-state index is 12.9. The Bertz CT molecular complexity index is 671. The van der Waals surface area contributed by atoms with Gasteiger partial charge in [0.15, 0.2) is 5.69 Å². The average molecular weight is 283 g/mol. The number of hydrogen-bond acceptors (Lipinski definition) is 4. The molecule has 2 rings (SSSR count). The largest absolute Gasteiger partial charge is 0.476 e. The van der Waals surface area contributed by atoms with Gasteiger partial charge >= 0.3 is 12.1 Å². The van der Waals surface area contributed by atoms with Gasteiger partial charge in [-0.25, -0.2) is 9.78 Å². The van der Waals surface area contributed by atoms with E-state index in [0.29, 0.717) is 0 Å². The van der Waals surface area contributed by atoms with Gasteiger partial charge in [-0.1, -0.05) is 0 Å². The van der Waals surface area contributed by atoms with E-state index in [9.17, 15) is 18.0 Å². The van der Waals surface area contributed by atoms with Crippen LogP contribution < -0.4 is 5.73 Å². The Morgan fingerprint density at radius 3 is 2.55 bits per heavy atom. The summed E-state index contributed by atoms with van der Waals surface area (Å²) in [5.41, 5.74) is 3.12. The van der Waals surface area contributed by atoms with Crippen molar-refractivity contribution in [1.82, 2.24) is 9.97 Å². The van der Waals surface area contributed by atoms with Crippen molar-refractivity contribution < 1.29 is 23.1 Å². The molecule has 0 aliphatic carbocycles. The van der Waals surface area contributed by atoms with Gasteiger partial charge in [-0.2, -0.15) is 13.2 Å².